The van der Waals surface area contributed by atoms with E-state index in [1.807, 2.05) is 6.08 Å². The van der Waals surface area contributed by atoms with E-state index in [9.17, 15) is 0 Å². The first-order chi connectivity index (χ1) is 14.8. The highest BCUT2D eigenvalue weighted by atomic mass is 14.2. The van der Waals surface area contributed by atoms with Crippen molar-refractivity contribution in [1.82, 2.24) is 0 Å². The highest BCUT2D eigenvalue weighted by Crippen LogP contribution is 2.40. The molecule has 4 aromatic carbocycles. The summed E-state index contributed by atoms with van der Waals surface area (Å²) in [7, 11) is 0. The topological polar surface area (TPSA) is 0 Å². The van der Waals surface area contributed by atoms with E-state index in [0.29, 0.717) is 0 Å². The molecular formula is C30H24. The third kappa shape index (κ3) is 2.93. The zero-order chi connectivity index (χ0) is 20.5. The first-order valence-corrected chi connectivity index (χ1v) is 10.5. The summed E-state index contributed by atoms with van der Waals surface area (Å²) in [6, 6.07) is 26.3. The number of benzene rings is 4. The van der Waals surface area contributed by atoms with Crippen LogP contribution in [0.3, 0.4) is 0 Å². The molecule has 0 unspecified atom stereocenters. The van der Waals surface area contributed by atoms with Crippen molar-refractivity contribution < 1.29 is 0 Å². The monoisotopic (exact) mass is 384 g/mol. The van der Waals surface area contributed by atoms with Crippen molar-refractivity contribution in [2.24, 2.45) is 0 Å². The van der Waals surface area contributed by atoms with Gasteiger partial charge in [0.05, 0.1) is 0 Å². The second kappa shape index (κ2) is 7.65. The first-order valence-electron chi connectivity index (χ1n) is 10.5. The lowest BCUT2D eigenvalue weighted by atomic mass is 9.83. The van der Waals surface area contributed by atoms with E-state index in [1.165, 1.54) is 48.7 Å². The number of rotatable bonds is 4. The fourth-order valence-electron chi connectivity index (χ4n) is 4.78. The minimum Gasteiger partial charge on any atom is -0.0991 e. The molecule has 0 fully saturated rings. The molecular weight excluding hydrogens is 360 g/mol. The van der Waals surface area contributed by atoms with Crippen molar-refractivity contribution in [3.63, 3.8) is 0 Å². The standard InChI is InChI=1S/C30H24/c1-3-4-12-21(2)29-25-16-7-9-18-27(25)30(28-19-10-8-17-26(28)29)24-20-11-14-22-13-5-6-15-23(22)24/h3-10,12-19H,1-2,11,20H2/b12-4-. The Hall–Kier alpha value is -3.64. The van der Waals surface area contributed by atoms with Gasteiger partial charge in [-0.3, -0.25) is 0 Å². The molecule has 0 bridgehead atoms. The van der Waals surface area contributed by atoms with Crippen molar-refractivity contribution in [2.45, 2.75) is 12.8 Å². The molecule has 1 aliphatic rings. The van der Waals surface area contributed by atoms with Crippen LogP contribution in [0.25, 0.3) is 38.8 Å². The molecule has 0 aliphatic heterocycles. The fraction of sp³-hybridized carbons (Fsp3) is 0.0667. The molecule has 0 amide bonds. The van der Waals surface area contributed by atoms with Crippen LogP contribution in [0.15, 0.2) is 104 Å². The van der Waals surface area contributed by atoms with E-state index < -0.39 is 0 Å². The van der Waals surface area contributed by atoms with Gasteiger partial charge in [0.25, 0.3) is 0 Å². The van der Waals surface area contributed by atoms with Crippen molar-refractivity contribution in [3.05, 3.63) is 126 Å². The summed E-state index contributed by atoms with van der Waals surface area (Å²) >= 11 is 0. The van der Waals surface area contributed by atoms with Crippen LogP contribution < -0.4 is 10.4 Å². The molecule has 30 heavy (non-hydrogen) atoms. The van der Waals surface area contributed by atoms with E-state index >= 15 is 0 Å². The van der Waals surface area contributed by atoms with Crippen LogP contribution in [-0.2, 0) is 0 Å². The van der Waals surface area contributed by atoms with Gasteiger partial charge in [0, 0.05) is 0 Å². The summed E-state index contributed by atoms with van der Waals surface area (Å²) in [6.07, 6.45) is 10.3. The van der Waals surface area contributed by atoms with Gasteiger partial charge in [0.1, 0.15) is 0 Å². The normalized spacial score (nSPS) is 13.4. The van der Waals surface area contributed by atoms with Gasteiger partial charge >= 0.3 is 0 Å². The molecule has 144 valence electrons. The van der Waals surface area contributed by atoms with Crippen LogP contribution in [-0.4, -0.2) is 0 Å². The van der Waals surface area contributed by atoms with Crippen LogP contribution in [0.5, 0.6) is 0 Å². The van der Waals surface area contributed by atoms with Crippen molar-refractivity contribution in [1.29, 1.82) is 0 Å². The second-order valence-corrected chi connectivity index (χ2v) is 7.77. The third-order valence-electron chi connectivity index (χ3n) is 6.03. The van der Waals surface area contributed by atoms with Gasteiger partial charge in [-0.15, -0.1) is 0 Å². The zero-order valence-corrected chi connectivity index (χ0v) is 17.1. The molecule has 5 rings (SSSR count). The lowest BCUT2D eigenvalue weighted by Crippen LogP contribution is -2.29. The Morgan fingerprint density at radius 1 is 0.767 bits per heavy atom. The van der Waals surface area contributed by atoms with Gasteiger partial charge in [-0.25, -0.2) is 0 Å². The largest absolute Gasteiger partial charge is 0.0991 e. The van der Waals surface area contributed by atoms with Crippen molar-refractivity contribution >= 4 is 38.8 Å². The average molecular weight is 385 g/mol. The quantitative estimate of drug-likeness (QED) is 0.277. The zero-order valence-electron chi connectivity index (χ0n) is 17.1. The molecule has 0 nitrogen and oxygen atoms in total. The molecule has 0 saturated heterocycles. The summed E-state index contributed by atoms with van der Waals surface area (Å²) in [5.74, 6) is 0. The summed E-state index contributed by atoms with van der Waals surface area (Å²) in [5.41, 5.74) is 5.03. The Balaban J connectivity index is 1.99. The van der Waals surface area contributed by atoms with Gasteiger partial charge < -0.3 is 0 Å². The third-order valence-corrected chi connectivity index (χ3v) is 6.03. The molecule has 1 aliphatic carbocycles. The van der Waals surface area contributed by atoms with Crippen LogP contribution in [0.4, 0.5) is 0 Å². The predicted molar refractivity (Wildman–Crippen MR) is 132 cm³/mol. The number of allylic oxidation sites excluding steroid dienone is 4. The molecule has 0 aromatic heterocycles. The second-order valence-electron chi connectivity index (χ2n) is 7.77. The van der Waals surface area contributed by atoms with Gasteiger partial charge in [-0.05, 0) is 67.1 Å². The maximum Gasteiger partial charge on any atom is -0.00323 e. The smallest absolute Gasteiger partial charge is 0.00323 e. The Morgan fingerprint density at radius 2 is 1.37 bits per heavy atom. The van der Waals surface area contributed by atoms with Crippen LogP contribution in [0, 0.1) is 0 Å². The Kier molecular flexibility index (Phi) is 4.69. The molecule has 0 saturated carbocycles. The molecule has 0 heteroatoms. The van der Waals surface area contributed by atoms with Crippen LogP contribution >= 0.6 is 0 Å². The van der Waals surface area contributed by atoms with E-state index in [2.05, 4.69) is 98.1 Å². The molecule has 0 spiro atoms. The van der Waals surface area contributed by atoms with Crippen LogP contribution in [0.1, 0.15) is 24.0 Å². The summed E-state index contributed by atoms with van der Waals surface area (Å²) in [4.78, 5) is 0. The number of hydrogen-bond acceptors (Lipinski definition) is 0. The highest BCUT2D eigenvalue weighted by Gasteiger charge is 2.18. The SMILES string of the molecule is C=C/C=C\C(=C)c1c2ccccc2c(C2=c3ccccc3=CCC2)c2ccccc12. The Labute approximate surface area is 177 Å². The van der Waals surface area contributed by atoms with Gasteiger partial charge in [0.15, 0.2) is 0 Å². The van der Waals surface area contributed by atoms with E-state index in [0.717, 1.165) is 18.4 Å². The average Bonchev–Trinajstić information content (AvgIpc) is 2.80. The molecule has 0 radical (unpaired) electrons. The first kappa shape index (κ1) is 18.4. The van der Waals surface area contributed by atoms with E-state index in [4.69, 9.17) is 0 Å². The van der Waals surface area contributed by atoms with E-state index in [-0.39, 0.29) is 0 Å². The van der Waals surface area contributed by atoms with E-state index in [1.54, 1.807) is 6.08 Å². The number of hydrogen-bond donors (Lipinski definition) is 0. The molecule has 0 atom stereocenters. The maximum atomic E-state index is 4.39. The van der Waals surface area contributed by atoms with Gasteiger partial charge in [-0.1, -0.05) is 110 Å². The Morgan fingerprint density at radius 3 is 2.03 bits per heavy atom. The lowest BCUT2D eigenvalue weighted by Gasteiger charge is -2.20. The van der Waals surface area contributed by atoms with Gasteiger partial charge in [-0.2, -0.15) is 0 Å². The molecule has 4 aromatic rings. The number of fused-ring (bicyclic) bond motifs is 3. The summed E-state index contributed by atoms with van der Waals surface area (Å²) in [5, 5.41) is 7.80. The van der Waals surface area contributed by atoms with Crippen molar-refractivity contribution in [2.75, 3.05) is 0 Å². The molecule has 0 N–H and O–H groups in total. The Bertz CT molecular complexity index is 1400. The molecule has 0 heterocycles. The van der Waals surface area contributed by atoms with Crippen molar-refractivity contribution in [3.8, 4) is 0 Å². The minimum absolute atomic E-state index is 1.01. The highest BCUT2D eigenvalue weighted by molar-refractivity contribution is 6.16. The van der Waals surface area contributed by atoms with Gasteiger partial charge in [0.2, 0.25) is 0 Å². The predicted octanol–water partition coefficient (Wildman–Crippen LogP) is 6.52. The fourth-order valence-corrected chi connectivity index (χ4v) is 4.78. The minimum atomic E-state index is 1.01. The maximum absolute atomic E-state index is 4.39. The summed E-state index contributed by atoms with van der Waals surface area (Å²) < 4.78 is 0. The van der Waals surface area contributed by atoms with Crippen LogP contribution in [0.2, 0.25) is 0 Å². The lowest BCUT2D eigenvalue weighted by molar-refractivity contribution is 1.08. The summed E-state index contributed by atoms with van der Waals surface area (Å²) in [6.45, 7) is 8.21.